The normalized spacial score (nSPS) is 16.6. The Balaban J connectivity index is 1.65. The molecule has 0 aliphatic carbocycles. The number of hydrogen-bond donors (Lipinski definition) is 0. The number of hydrogen-bond acceptors (Lipinski definition) is 4. The van der Waals surface area contributed by atoms with E-state index in [1.807, 2.05) is 39.2 Å². The monoisotopic (exact) mass is 405 g/mol. The van der Waals surface area contributed by atoms with E-state index < -0.39 is 0 Å². The minimum atomic E-state index is 0.0276. The van der Waals surface area contributed by atoms with E-state index >= 15 is 0 Å². The van der Waals surface area contributed by atoms with Gasteiger partial charge in [-0.2, -0.15) is 5.10 Å². The fourth-order valence-corrected chi connectivity index (χ4v) is 4.82. The molecule has 0 unspecified atom stereocenters. The number of amides is 1. The quantitative estimate of drug-likeness (QED) is 0.494. The van der Waals surface area contributed by atoms with E-state index in [9.17, 15) is 4.79 Å². The molecule has 1 aliphatic rings. The van der Waals surface area contributed by atoms with Crippen LogP contribution in [0.5, 0.6) is 0 Å². The molecule has 0 N–H and O–H groups in total. The summed E-state index contributed by atoms with van der Waals surface area (Å²) >= 11 is 1.63. The minimum Gasteiger partial charge on any atom is -0.348 e. The van der Waals surface area contributed by atoms with Gasteiger partial charge in [0, 0.05) is 31.0 Å². The minimum absolute atomic E-state index is 0.0276. The van der Waals surface area contributed by atoms with Gasteiger partial charge in [-0.15, -0.1) is 11.3 Å². The number of thiophene rings is 1. The number of carbonyl (C=O) groups excluding carboxylic acids is 1. The molecule has 4 aromatic heterocycles. The van der Waals surface area contributed by atoms with Crippen molar-refractivity contribution in [2.75, 3.05) is 6.54 Å². The largest absolute Gasteiger partial charge is 0.348 e. The van der Waals surface area contributed by atoms with Crippen molar-refractivity contribution in [3.63, 3.8) is 0 Å². The van der Waals surface area contributed by atoms with E-state index in [4.69, 9.17) is 4.98 Å². The molecule has 0 aromatic carbocycles. The summed E-state index contributed by atoms with van der Waals surface area (Å²) in [5, 5.41) is 7.38. The van der Waals surface area contributed by atoms with E-state index in [0.29, 0.717) is 12.1 Å². The van der Waals surface area contributed by atoms with Crippen molar-refractivity contribution >= 4 is 28.3 Å². The molecule has 0 saturated heterocycles. The highest BCUT2D eigenvalue weighted by Gasteiger charge is 2.30. The third-order valence-electron chi connectivity index (χ3n) is 5.66. The Bertz CT molecular complexity index is 1190. The zero-order valence-electron chi connectivity index (χ0n) is 16.7. The van der Waals surface area contributed by atoms with Crippen LogP contribution in [0.3, 0.4) is 0 Å². The summed E-state index contributed by atoms with van der Waals surface area (Å²) < 4.78 is 4.12. The lowest BCUT2D eigenvalue weighted by atomic mass is 10.1. The molecular formula is C22H23N5OS. The molecular weight excluding hydrogens is 382 g/mol. The number of rotatable bonds is 3. The number of aromatic nitrogens is 4. The average Bonchev–Trinajstić information content (AvgIpc) is 3.46. The van der Waals surface area contributed by atoms with Gasteiger partial charge in [-0.1, -0.05) is 6.07 Å². The van der Waals surface area contributed by atoms with Gasteiger partial charge in [-0.25, -0.2) is 9.67 Å². The summed E-state index contributed by atoms with van der Waals surface area (Å²) in [4.78, 5) is 21.6. The molecule has 0 bridgehead atoms. The molecule has 0 radical (unpaired) electrons. The van der Waals surface area contributed by atoms with Crippen LogP contribution in [-0.2, 0) is 6.54 Å². The van der Waals surface area contributed by atoms with Gasteiger partial charge in [0.25, 0.3) is 5.91 Å². The zero-order chi connectivity index (χ0) is 20.1. The van der Waals surface area contributed by atoms with Crippen LogP contribution in [0, 0.1) is 0 Å². The lowest BCUT2D eigenvalue weighted by Crippen LogP contribution is -2.40. The lowest BCUT2D eigenvalue weighted by Gasteiger charge is -2.35. The summed E-state index contributed by atoms with van der Waals surface area (Å²) in [6, 6.07) is 10.3. The van der Waals surface area contributed by atoms with E-state index in [1.165, 1.54) is 5.69 Å². The molecule has 7 heteroatoms. The summed E-state index contributed by atoms with van der Waals surface area (Å²) in [6.07, 6.45) is 3.87. The van der Waals surface area contributed by atoms with Crippen molar-refractivity contribution in [2.24, 2.45) is 0 Å². The van der Waals surface area contributed by atoms with E-state index in [0.717, 1.165) is 28.1 Å². The van der Waals surface area contributed by atoms with Crippen molar-refractivity contribution in [2.45, 2.75) is 39.4 Å². The van der Waals surface area contributed by atoms with Crippen LogP contribution in [0.4, 0.5) is 0 Å². The zero-order valence-corrected chi connectivity index (χ0v) is 17.6. The van der Waals surface area contributed by atoms with Crippen molar-refractivity contribution in [1.29, 1.82) is 0 Å². The second kappa shape index (κ2) is 6.84. The van der Waals surface area contributed by atoms with Gasteiger partial charge in [0.05, 0.1) is 33.8 Å². The van der Waals surface area contributed by atoms with Gasteiger partial charge in [-0.05, 0) is 50.4 Å². The number of pyridine rings is 1. The molecule has 4 aromatic rings. The van der Waals surface area contributed by atoms with E-state index in [2.05, 4.69) is 42.7 Å². The first-order chi connectivity index (χ1) is 14.0. The molecule has 0 fully saturated rings. The highest BCUT2D eigenvalue weighted by atomic mass is 32.1. The van der Waals surface area contributed by atoms with Crippen LogP contribution < -0.4 is 0 Å². The predicted octanol–water partition coefficient (Wildman–Crippen LogP) is 4.76. The lowest BCUT2D eigenvalue weighted by molar-refractivity contribution is 0.0646. The summed E-state index contributed by atoms with van der Waals surface area (Å²) in [5.41, 5.74) is 3.44. The molecule has 0 spiro atoms. The van der Waals surface area contributed by atoms with Gasteiger partial charge in [0.15, 0.2) is 5.65 Å². The number of nitrogens with zero attached hydrogens (tertiary/aromatic N) is 5. The van der Waals surface area contributed by atoms with Crippen molar-refractivity contribution in [3.8, 4) is 10.6 Å². The molecule has 29 heavy (non-hydrogen) atoms. The van der Waals surface area contributed by atoms with Crippen LogP contribution in [0.2, 0.25) is 0 Å². The Hall–Kier alpha value is -2.93. The smallest absolute Gasteiger partial charge is 0.255 e. The van der Waals surface area contributed by atoms with Crippen molar-refractivity contribution in [1.82, 2.24) is 24.2 Å². The Labute approximate surface area is 173 Å². The molecule has 1 aliphatic heterocycles. The maximum atomic E-state index is 13.7. The fourth-order valence-electron chi connectivity index (χ4n) is 4.13. The van der Waals surface area contributed by atoms with Crippen molar-refractivity contribution in [3.05, 3.63) is 59.4 Å². The average molecular weight is 406 g/mol. The van der Waals surface area contributed by atoms with Crippen LogP contribution in [0.25, 0.3) is 21.6 Å². The Morgan fingerprint density at radius 2 is 2.10 bits per heavy atom. The number of fused-ring (bicyclic) bond motifs is 2. The SMILES string of the molecule is CC(C)n1ncc2c(C(=O)N3CCn4cccc4[C@@H]3C)cc(-c3cccs3)nc21. The van der Waals surface area contributed by atoms with E-state index in [-0.39, 0.29) is 18.0 Å². The topological polar surface area (TPSA) is 56.0 Å². The molecule has 1 atom stereocenters. The first-order valence-corrected chi connectivity index (χ1v) is 10.8. The third kappa shape index (κ3) is 2.88. The second-order valence-corrected chi connectivity index (χ2v) is 8.70. The van der Waals surface area contributed by atoms with Crippen LogP contribution in [-0.4, -0.2) is 36.7 Å². The second-order valence-electron chi connectivity index (χ2n) is 7.75. The summed E-state index contributed by atoms with van der Waals surface area (Å²) in [7, 11) is 0. The van der Waals surface area contributed by atoms with Gasteiger partial charge in [-0.3, -0.25) is 4.79 Å². The van der Waals surface area contributed by atoms with Crippen LogP contribution >= 0.6 is 11.3 Å². The maximum Gasteiger partial charge on any atom is 0.255 e. The van der Waals surface area contributed by atoms with Crippen LogP contribution in [0.1, 0.15) is 48.9 Å². The Morgan fingerprint density at radius 1 is 1.24 bits per heavy atom. The Morgan fingerprint density at radius 3 is 2.86 bits per heavy atom. The molecule has 148 valence electrons. The summed E-state index contributed by atoms with van der Waals surface area (Å²) in [6.45, 7) is 7.76. The van der Waals surface area contributed by atoms with Gasteiger partial charge < -0.3 is 9.47 Å². The standard InChI is InChI=1S/C22H23N5OS/c1-14(2)27-21-17(13-23-27)16(12-18(24-21)20-7-5-11-29-20)22(28)26-10-9-25-8-4-6-19(25)15(26)3/h4-8,11-15H,9-10H2,1-3H3/t15-/m0/s1. The predicted molar refractivity (Wildman–Crippen MR) is 115 cm³/mol. The van der Waals surface area contributed by atoms with Gasteiger partial charge in [0.1, 0.15) is 0 Å². The number of carbonyl (C=O) groups is 1. The van der Waals surface area contributed by atoms with Gasteiger partial charge in [0.2, 0.25) is 0 Å². The van der Waals surface area contributed by atoms with Gasteiger partial charge >= 0.3 is 0 Å². The first-order valence-electron chi connectivity index (χ1n) is 9.92. The highest BCUT2D eigenvalue weighted by Crippen LogP contribution is 2.32. The maximum absolute atomic E-state index is 13.7. The third-order valence-corrected chi connectivity index (χ3v) is 6.56. The molecule has 1 amide bonds. The van der Waals surface area contributed by atoms with E-state index in [1.54, 1.807) is 17.5 Å². The summed E-state index contributed by atoms with van der Waals surface area (Å²) in [5.74, 6) is 0.0402. The highest BCUT2D eigenvalue weighted by molar-refractivity contribution is 7.13. The molecule has 0 saturated carbocycles. The first kappa shape index (κ1) is 18.1. The molecule has 5 rings (SSSR count). The van der Waals surface area contributed by atoms with Crippen LogP contribution in [0.15, 0.2) is 48.1 Å². The molecule has 6 nitrogen and oxygen atoms in total. The fraction of sp³-hybridized carbons (Fsp3) is 0.318. The molecule has 5 heterocycles. The van der Waals surface area contributed by atoms with Crippen molar-refractivity contribution < 1.29 is 4.79 Å². The Kier molecular flexibility index (Phi) is 4.28.